The molecule has 2 aliphatic heterocycles. The average Bonchev–Trinajstić information content (AvgIpc) is 3.06. The fourth-order valence-electron chi connectivity index (χ4n) is 3.20. The lowest BCUT2D eigenvalue weighted by atomic mass is 9.83. The summed E-state index contributed by atoms with van der Waals surface area (Å²) in [5.74, 6) is 1.42. The molecule has 2 N–H and O–H groups in total. The highest BCUT2D eigenvalue weighted by molar-refractivity contribution is 6.31. The van der Waals surface area contributed by atoms with Crippen molar-refractivity contribution in [3.05, 3.63) is 57.9 Å². The van der Waals surface area contributed by atoms with Crippen LogP contribution in [0.1, 0.15) is 17.0 Å². The van der Waals surface area contributed by atoms with Gasteiger partial charge in [0.15, 0.2) is 11.5 Å². The van der Waals surface area contributed by atoms with E-state index in [2.05, 4.69) is 6.07 Å². The van der Waals surface area contributed by atoms with Gasteiger partial charge in [-0.05, 0) is 17.7 Å². The number of hydrogen-bond donors (Lipinski definition) is 1. The molecular weight excluding hydrogens is 354 g/mol. The van der Waals surface area contributed by atoms with E-state index < -0.39 is 5.92 Å². The Morgan fingerprint density at radius 2 is 1.85 bits per heavy atom. The van der Waals surface area contributed by atoms with Crippen LogP contribution in [0.5, 0.6) is 17.2 Å². The Balaban J connectivity index is 1.92. The standard InChI is InChI=1S/C19H16ClN3O3/c1-23(2)10-3-4-11-15(5-10)26-19(22)13(8-21)18(11)12-6-16-17(7-14(12)20)25-9-24-16/h3-7,18H,9,22H2,1-2H3. The van der Waals surface area contributed by atoms with Crippen LogP contribution >= 0.6 is 11.6 Å². The van der Waals surface area contributed by atoms with Crippen molar-refractivity contribution in [2.45, 2.75) is 5.92 Å². The minimum Gasteiger partial charge on any atom is -0.454 e. The third-order valence-corrected chi connectivity index (χ3v) is 4.85. The first kappa shape index (κ1) is 16.4. The predicted octanol–water partition coefficient (Wildman–Crippen LogP) is 3.35. The number of allylic oxidation sites excluding steroid dienone is 1. The number of benzene rings is 2. The second-order valence-electron chi connectivity index (χ2n) is 6.27. The van der Waals surface area contributed by atoms with Crippen LogP contribution in [0.3, 0.4) is 0 Å². The largest absolute Gasteiger partial charge is 0.454 e. The molecule has 2 aliphatic rings. The van der Waals surface area contributed by atoms with Crippen LogP contribution in [0.25, 0.3) is 0 Å². The number of nitrogens with zero attached hydrogens (tertiary/aromatic N) is 2. The zero-order valence-electron chi connectivity index (χ0n) is 14.2. The number of nitrogens with two attached hydrogens (primary N) is 1. The maximum absolute atomic E-state index is 9.67. The first-order valence-electron chi connectivity index (χ1n) is 7.97. The first-order chi connectivity index (χ1) is 12.5. The molecule has 2 aromatic rings. The van der Waals surface area contributed by atoms with Crippen molar-refractivity contribution in [3.63, 3.8) is 0 Å². The van der Waals surface area contributed by atoms with Crippen LogP contribution in [0.2, 0.25) is 5.02 Å². The molecule has 7 heteroatoms. The molecule has 2 aromatic carbocycles. The number of rotatable bonds is 2. The van der Waals surface area contributed by atoms with Gasteiger partial charge in [-0.3, -0.25) is 0 Å². The van der Waals surface area contributed by atoms with Crippen LogP contribution in [0.4, 0.5) is 5.69 Å². The van der Waals surface area contributed by atoms with E-state index in [0.717, 1.165) is 16.8 Å². The number of halogens is 1. The Kier molecular flexibility index (Phi) is 3.82. The molecule has 0 aromatic heterocycles. The van der Waals surface area contributed by atoms with Crippen LogP contribution < -0.4 is 24.8 Å². The first-order valence-corrected chi connectivity index (χ1v) is 8.35. The number of hydrogen-bond acceptors (Lipinski definition) is 6. The fourth-order valence-corrected chi connectivity index (χ4v) is 3.46. The molecule has 0 spiro atoms. The summed E-state index contributed by atoms with van der Waals surface area (Å²) in [5, 5.41) is 10.1. The molecular formula is C19H16ClN3O3. The van der Waals surface area contributed by atoms with Crippen molar-refractivity contribution in [2.24, 2.45) is 5.73 Å². The maximum atomic E-state index is 9.67. The quantitative estimate of drug-likeness (QED) is 0.874. The molecule has 132 valence electrons. The Bertz CT molecular complexity index is 979. The molecule has 0 amide bonds. The van der Waals surface area contributed by atoms with Crippen LogP contribution in [-0.2, 0) is 0 Å². The second kappa shape index (κ2) is 6.04. The van der Waals surface area contributed by atoms with Crippen molar-refractivity contribution in [3.8, 4) is 23.3 Å². The SMILES string of the molecule is CN(C)c1ccc2c(c1)OC(N)=C(C#N)C2c1cc2c(cc1Cl)OCO2. The lowest BCUT2D eigenvalue weighted by molar-refractivity contribution is 0.174. The van der Waals surface area contributed by atoms with E-state index >= 15 is 0 Å². The highest BCUT2D eigenvalue weighted by Crippen LogP contribution is 2.48. The molecule has 0 saturated heterocycles. The van der Waals surface area contributed by atoms with E-state index in [0.29, 0.717) is 27.8 Å². The third-order valence-electron chi connectivity index (χ3n) is 4.52. The number of ether oxygens (including phenoxy) is 3. The third kappa shape index (κ3) is 2.49. The van der Waals surface area contributed by atoms with E-state index in [4.69, 9.17) is 31.5 Å². The van der Waals surface area contributed by atoms with Crippen LogP contribution in [-0.4, -0.2) is 20.9 Å². The number of fused-ring (bicyclic) bond motifs is 2. The molecule has 2 heterocycles. The molecule has 0 saturated carbocycles. The second-order valence-corrected chi connectivity index (χ2v) is 6.68. The Morgan fingerprint density at radius 3 is 2.54 bits per heavy atom. The van der Waals surface area contributed by atoms with E-state index in [1.807, 2.05) is 37.2 Å². The van der Waals surface area contributed by atoms with Gasteiger partial charge in [-0.25, -0.2) is 0 Å². The minimum atomic E-state index is -0.443. The summed E-state index contributed by atoms with van der Waals surface area (Å²) in [4.78, 5) is 1.96. The van der Waals surface area contributed by atoms with Gasteiger partial charge in [0.25, 0.3) is 0 Å². The van der Waals surface area contributed by atoms with Gasteiger partial charge in [-0.2, -0.15) is 5.26 Å². The van der Waals surface area contributed by atoms with Crippen molar-refractivity contribution >= 4 is 17.3 Å². The van der Waals surface area contributed by atoms with Crippen molar-refractivity contribution in [1.82, 2.24) is 0 Å². The molecule has 0 aliphatic carbocycles. The van der Waals surface area contributed by atoms with Crippen molar-refractivity contribution < 1.29 is 14.2 Å². The van der Waals surface area contributed by atoms with Crippen molar-refractivity contribution in [2.75, 3.05) is 25.8 Å². The van der Waals surface area contributed by atoms with Gasteiger partial charge < -0.3 is 24.8 Å². The molecule has 4 rings (SSSR count). The van der Waals surface area contributed by atoms with Gasteiger partial charge in [-0.15, -0.1) is 0 Å². The Hall–Kier alpha value is -3.04. The van der Waals surface area contributed by atoms with E-state index in [-0.39, 0.29) is 12.7 Å². The summed E-state index contributed by atoms with van der Waals surface area (Å²) >= 11 is 6.50. The van der Waals surface area contributed by atoms with E-state index in [1.54, 1.807) is 12.1 Å². The lowest BCUT2D eigenvalue weighted by Crippen LogP contribution is -2.21. The van der Waals surface area contributed by atoms with Gasteiger partial charge in [0.05, 0.1) is 5.92 Å². The zero-order valence-corrected chi connectivity index (χ0v) is 15.0. The molecule has 6 nitrogen and oxygen atoms in total. The molecule has 1 atom stereocenters. The topological polar surface area (TPSA) is 80.7 Å². The normalized spacial score (nSPS) is 17.4. The summed E-state index contributed by atoms with van der Waals surface area (Å²) in [7, 11) is 3.88. The fraction of sp³-hybridized carbons (Fsp3) is 0.211. The predicted molar refractivity (Wildman–Crippen MR) is 97.6 cm³/mol. The lowest BCUT2D eigenvalue weighted by Gasteiger charge is -2.28. The van der Waals surface area contributed by atoms with E-state index in [1.165, 1.54) is 0 Å². The monoisotopic (exact) mass is 369 g/mol. The summed E-state index contributed by atoms with van der Waals surface area (Å²) < 4.78 is 16.6. The van der Waals surface area contributed by atoms with Gasteiger partial charge in [0.1, 0.15) is 17.4 Å². The van der Waals surface area contributed by atoms with Gasteiger partial charge in [0, 0.05) is 42.5 Å². The van der Waals surface area contributed by atoms with Gasteiger partial charge in [-0.1, -0.05) is 17.7 Å². The summed E-state index contributed by atoms with van der Waals surface area (Å²) in [6, 6.07) is 11.5. The summed E-state index contributed by atoms with van der Waals surface area (Å²) in [6.07, 6.45) is 0. The average molecular weight is 370 g/mol. The molecule has 0 bridgehead atoms. The van der Waals surface area contributed by atoms with Gasteiger partial charge >= 0.3 is 0 Å². The van der Waals surface area contributed by atoms with Crippen LogP contribution in [0.15, 0.2) is 41.8 Å². The zero-order chi connectivity index (χ0) is 18.4. The smallest absolute Gasteiger partial charge is 0.231 e. The molecule has 26 heavy (non-hydrogen) atoms. The molecule has 0 fully saturated rings. The van der Waals surface area contributed by atoms with E-state index in [9.17, 15) is 5.26 Å². The number of anilines is 1. The Labute approximate surface area is 155 Å². The minimum absolute atomic E-state index is 0.0784. The highest BCUT2D eigenvalue weighted by atomic mass is 35.5. The molecule has 0 radical (unpaired) electrons. The summed E-state index contributed by atoms with van der Waals surface area (Å²) in [6.45, 7) is 0.148. The number of nitriles is 1. The van der Waals surface area contributed by atoms with Crippen LogP contribution in [0, 0.1) is 11.3 Å². The molecule has 1 unspecified atom stereocenters. The highest BCUT2D eigenvalue weighted by Gasteiger charge is 2.33. The van der Waals surface area contributed by atoms with Crippen molar-refractivity contribution in [1.29, 1.82) is 5.26 Å². The van der Waals surface area contributed by atoms with Gasteiger partial charge in [0.2, 0.25) is 12.7 Å². The maximum Gasteiger partial charge on any atom is 0.231 e. The summed E-state index contributed by atoms with van der Waals surface area (Å²) in [5.41, 5.74) is 8.87. The Morgan fingerprint density at radius 1 is 1.12 bits per heavy atom.